The predicted molar refractivity (Wildman–Crippen MR) is 101 cm³/mol. The van der Waals surface area contributed by atoms with Crippen molar-refractivity contribution in [3.63, 3.8) is 0 Å². The molecule has 1 fully saturated rings. The summed E-state index contributed by atoms with van der Waals surface area (Å²) < 4.78 is 0. The van der Waals surface area contributed by atoms with Crippen molar-refractivity contribution in [1.29, 1.82) is 0 Å². The Morgan fingerprint density at radius 2 is 1.84 bits per heavy atom. The largest absolute Gasteiger partial charge is 0.353 e. The smallest absolute Gasteiger partial charge is 0.223 e. The quantitative estimate of drug-likeness (QED) is 0.806. The molecule has 5 nitrogen and oxygen atoms in total. The maximum absolute atomic E-state index is 12.3. The van der Waals surface area contributed by atoms with E-state index >= 15 is 0 Å². The van der Waals surface area contributed by atoms with E-state index < -0.39 is 0 Å². The number of nitrogens with one attached hydrogen (secondary N) is 1. The number of hydrogen-bond acceptors (Lipinski definition) is 4. The number of amides is 1. The summed E-state index contributed by atoms with van der Waals surface area (Å²) in [5.41, 5.74) is 1.17. The van der Waals surface area contributed by atoms with Crippen LogP contribution in [0.4, 0.5) is 5.82 Å². The number of aromatic nitrogens is 1. The average Bonchev–Trinajstić information content (AvgIpc) is 2.67. The monoisotopic (exact) mass is 358 g/mol. The highest BCUT2D eigenvalue weighted by molar-refractivity contribution is 6.30. The highest BCUT2D eigenvalue weighted by atomic mass is 35.5. The zero-order chi connectivity index (χ0) is 17.5. The van der Waals surface area contributed by atoms with Crippen LogP contribution in [0.5, 0.6) is 0 Å². The van der Waals surface area contributed by atoms with Gasteiger partial charge >= 0.3 is 0 Å². The highest BCUT2D eigenvalue weighted by Crippen LogP contribution is 2.13. The third kappa shape index (κ3) is 5.18. The van der Waals surface area contributed by atoms with Gasteiger partial charge in [-0.25, -0.2) is 4.98 Å². The Kier molecular flexibility index (Phi) is 6.25. The van der Waals surface area contributed by atoms with Crippen molar-refractivity contribution in [3.8, 4) is 0 Å². The molecule has 1 aliphatic rings. The Bertz CT molecular complexity index is 670. The van der Waals surface area contributed by atoms with E-state index in [1.54, 1.807) is 6.20 Å². The normalized spacial score (nSPS) is 14.6. The van der Waals surface area contributed by atoms with E-state index in [0.717, 1.165) is 43.6 Å². The number of nitrogens with zero attached hydrogens (tertiary/aromatic N) is 3. The summed E-state index contributed by atoms with van der Waals surface area (Å²) in [6, 6.07) is 13.7. The van der Waals surface area contributed by atoms with E-state index in [9.17, 15) is 4.79 Å². The summed E-state index contributed by atoms with van der Waals surface area (Å²) in [7, 11) is 0. The molecule has 25 heavy (non-hydrogen) atoms. The molecule has 0 unspecified atom stereocenters. The van der Waals surface area contributed by atoms with Gasteiger partial charge in [0, 0.05) is 56.9 Å². The number of hydrogen-bond donors (Lipinski definition) is 1. The van der Waals surface area contributed by atoms with Crippen LogP contribution in [-0.2, 0) is 11.3 Å². The molecule has 1 saturated heterocycles. The Balaban J connectivity index is 1.36. The van der Waals surface area contributed by atoms with Gasteiger partial charge in [-0.05, 0) is 29.8 Å². The number of benzene rings is 1. The molecule has 0 aliphatic carbocycles. The summed E-state index contributed by atoms with van der Waals surface area (Å²) in [6.45, 7) is 4.61. The number of rotatable bonds is 6. The molecule has 0 spiro atoms. The van der Waals surface area contributed by atoms with Crippen LogP contribution in [0, 0.1) is 0 Å². The first-order valence-electron chi connectivity index (χ1n) is 8.61. The molecule has 0 saturated carbocycles. The number of anilines is 1. The second-order valence-electron chi connectivity index (χ2n) is 6.11. The average molecular weight is 359 g/mol. The maximum Gasteiger partial charge on any atom is 0.223 e. The van der Waals surface area contributed by atoms with Gasteiger partial charge in [0.1, 0.15) is 5.82 Å². The Labute approximate surface area is 153 Å². The van der Waals surface area contributed by atoms with Gasteiger partial charge in [0.25, 0.3) is 0 Å². The van der Waals surface area contributed by atoms with E-state index in [0.29, 0.717) is 13.0 Å². The Morgan fingerprint density at radius 3 is 2.52 bits per heavy atom. The fourth-order valence-corrected chi connectivity index (χ4v) is 3.04. The number of carbonyl (C=O) groups excluding carboxylic acids is 1. The van der Waals surface area contributed by atoms with E-state index in [1.165, 1.54) is 5.56 Å². The second-order valence-corrected chi connectivity index (χ2v) is 6.55. The van der Waals surface area contributed by atoms with Gasteiger partial charge < -0.3 is 15.1 Å². The molecule has 132 valence electrons. The summed E-state index contributed by atoms with van der Waals surface area (Å²) in [5.74, 6) is 1.20. The summed E-state index contributed by atoms with van der Waals surface area (Å²) >= 11 is 5.87. The minimum Gasteiger partial charge on any atom is -0.353 e. The van der Waals surface area contributed by atoms with Gasteiger partial charge in [-0.1, -0.05) is 29.8 Å². The summed E-state index contributed by atoms with van der Waals surface area (Å²) in [4.78, 5) is 20.9. The number of carbonyl (C=O) groups is 1. The lowest BCUT2D eigenvalue weighted by atomic mass is 10.2. The first-order chi connectivity index (χ1) is 12.2. The van der Waals surface area contributed by atoms with Crippen LogP contribution in [0.15, 0.2) is 48.7 Å². The topological polar surface area (TPSA) is 48.5 Å². The molecule has 1 aromatic heterocycles. The van der Waals surface area contributed by atoms with E-state index in [4.69, 9.17) is 11.6 Å². The molecule has 1 N–H and O–H groups in total. The van der Waals surface area contributed by atoms with Crippen molar-refractivity contribution in [2.24, 2.45) is 0 Å². The minimum atomic E-state index is 0.212. The third-order valence-corrected chi connectivity index (χ3v) is 4.62. The van der Waals surface area contributed by atoms with Crippen molar-refractivity contribution < 1.29 is 4.79 Å². The Hall–Kier alpha value is -2.11. The van der Waals surface area contributed by atoms with Crippen molar-refractivity contribution in [2.75, 3.05) is 37.6 Å². The van der Waals surface area contributed by atoms with Crippen LogP contribution < -0.4 is 10.2 Å². The minimum absolute atomic E-state index is 0.212. The summed E-state index contributed by atoms with van der Waals surface area (Å²) in [5, 5.41) is 4.05. The standard InChI is InChI=1S/C19H23ClN4O/c20-17-6-4-16(5-7-17)15-21-10-8-19(25)24-13-11-23(12-14-24)18-3-1-2-9-22-18/h1-7,9,21H,8,10-15H2. The first kappa shape index (κ1) is 17.7. The lowest BCUT2D eigenvalue weighted by Crippen LogP contribution is -2.49. The molecule has 0 atom stereocenters. The van der Waals surface area contributed by atoms with E-state index in [-0.39, 0.29) is 5.91 Å². The van der Waals surface area contributed by atoms with Crippen molar-refractivity contribution in [1.82, 2.24) is 15.2 Å². The van der Waals surface area contributed by atoms with Crippen molar-refractivity contribution in [3.05, 3.63) is 59.2 Å². The zero-order valence-electron chi connectivity index (χ0n) is 14.2. The van der Waals surface area contributed by atoms with Gasteiger partial charge in [-0.2, -0.15) is 0 Å². The molecular formula is C19H23ClN4O. The molecule has 0 bridgehead atoms. The molecule has 1 aromatic carbocycles. The van der Waals surface area contributed by atoms with Crippen LogP contribution >= 0.6 is 11.6 Å². The van der Waals surface area contributed by atoms with Gasteiger partial charge in [-0.3, -0.25) is 4.79 Å². The van der Waals surface area contributed by atoms with Crippen LogP contribution in [0.25, 0.3) is 0 Å². The van der Waals surface area contributed by atoms with Crippen molar-refractivity contribution >= 4 is 23.3 Å². The van der Waals surface area contributed by atoms with Crippen LogP contribution in [0.2, 0.25) is 5.02 Å². The fourth-order valence-electron chi connectivity index (χ4n) is 2.91. The zero-order valence-corrected chi connectivity index (χ0v) is 15.0. The molecule has 1 amide bonds. The van der Waals surface area contributed by atoms with Gasteiger partial charge in [0.15, 0.2) is 0 Å². The predicted octanol–water partition coefficient (Wildman–Crippen LogP) is 2.56. The van der Waals surface area contributed by atoms with Gasteiger partial charge in [-0.15, -0.1) is 0 Å². The van der Waals surface area contributed by atoms with Crippen LogP contribution in [0.1, 0.15) is 12.0 Å². The first-order valence-corrected chi connectivity index (χ1v) is 8.99. The Morgan fingerprint density at radius 1 is 1.08 bits per heavy atom. The van der Waals surface area contributed by atoms with Gasteiger partial charge in [0.05, 0.1) is 0 Å². The number of piperazine rings is 1. The molecule has 1 aliphatic heterocycles. The third-order valence-electron chi connectivity index (χ3n) is 4.36. The van der Waals surface area contributed by atoms with Crippen LogP contribution in [-0.4, -0.2) is 48.5 Å². The van der Waals surface area contributed by atoms with E-state index in [1.807, 2.05) is 47.4 Å². The van der Waals surface area contributed by atoms with E-state index in [2.05, 4.69) is 15.2 Å². The summed E-state index contributed by atoms with van der Waals surface area (Å²) in [6.07, 6.45) is 2.33. The fraction of sp³-hybridized carbons (Fsp3) is 0.368. The highest BCUT2D eigenvalue weighted by Gasteiger charge is 2.21. The maximum atomic E-state index is 12.3. The van der Waals surface area contributed by atoms with Gasteiger partial charge in [0.2, 0.25) is 5.91 Å². The molecule has 2 aromatic rings. The number of halogens is 1. The molecular weight excluding hydrogens is 336 g/mol. The molecule has 2 heterocycles. The van der Waals surface area contributed by atoms with Crippen LogP contribution in [0.3, 0.4) is 0 Å². The lowest BCUT2D eigenvalue weighted by molar-refractivity contribution is -0.131. The number of pyridine rings is 1. The van der Waals surface area contributed by atoms with Crippen molar-refractivity contribution in [2.45, 2.75) is 13.0 Å². The molecule has 6 heteroatoms. The lowest BCUT2D eigenvalue weighted by Gasteiger charge is -2.35. The molecule has 0 radical (unpaired) electrons. The SMILES string of the molecule is O=C(CCNCc1ccc(Cl)cc1)N1CCN(c2ccccn2)CC1. The second kappa shape index (κ2) is 8.83. The molecule has 3 rings (SSSR count).